The molecule has 1 saturated heterocycles. The number of nitrogens with zero attached hydrogens (tertiary/aromatic N) is 1. The molecule has 8 nitrogen and oxygen atoms in total. The van der Waals surface area contributed by atoms with Crippen LogP contribution in [0.3, 0.4) is 0 Å². The van der Waals surface area contributed by atoms with Crippen LogP contribution in [-0.2, 0) is 10.5 Å². The Balaban J connectivity index is 2.59. The van der Waals surface area contributed by atoms with Gasteiger partial charge in [-0.05, 0) is 13.8 Å². The summed E-state index contributed by atoms with van der Waals surface area (Å²) in [5.41, 5.74) is -4.79. The van der Waals surface area contributed by atoms with Crippen LogP contribution in [0.25, 0.3) is 0 Å². The summed E-state index contributed by atoms with van der Waals surface area (Å²) in [4.78, 5) is 24.9. The van der Waals surface area contributed by atoms with Gasteiger partial charge in [0.05, 0.1) is 6.61 Å². The van der Waals surface area contributed by atoms with Crippen LogP contribution in [0.15, 0.2) is 21.9 Å². The normalized spacial score (nSPS) is 38.6. The number of rotatable bonds is 2. The van der Waals surface area contributed by atoms with Crippen molar-refractivity contribution in [2.45, 2.75) is 37.4 Å². The molecule has 0 radical (unpaired) electrons. The molecule has 106 valence electrons. The van der Waals surface area contributed by atoms with Gasteiger partial charge in [-0.2, -0.15) is 0 Å². The summed E-state index contributed by atoms with van der Waals surface area (Å²) in [5, 5.41) is 29.4. The van der Waals surface area contributed by atoms with Gasteiger partial charge in [-0.1, -0.05) is 0 Å². The monoisotopic (exact) mass is 272 g/mol. The van der Waals surface area contributed by atoms with E-state index >= 15 is 0 Å². The van der Waals surface area contributed by atoms with Crippen LogP contribution in [0.4, 0.5) is 0 Å². The molecule has 0 amide bonds. The minimum atomic E-state index is -1.82. The summed E-state index contributed by atoms with van der Waals surface area (Å²) in [6.07, 6.45) is -1.23. The molecule has 4 atom stereocenters. The number of nitrogens with one attached hydrogen (secondary N) is 1. The van der Waals surface area contributed by atoms with Crippen molar-refractivity contribution in [2.75, 3.05) is 6.61 Å². The fourth-order valence-corrected chi connectivity index (χ4v) is 2.31. The zero-order valence-electron chi connectivity index (χ0n) is 10.5. The summed E-state index contributed by atoms with van der Waals surface area (Å²) >= 11 is 0. The lowest BCUT2D eigenvalue weighted by molar-refractivity contribution is -0.178. The Labute approximate surface area is 107 Å². The highest BCUT2D eigenvalue weighted by Crippen LogP contribution is 2.42. The first-order valence-corrected chi connectivity index (χ1v) is 5.75. The molecular weight excluding hydrogens is 256 g/mol. The van der Waals surface area contributed by atoms with Gasteiger partial charge < -0.3 is 20.1 Å². The van der Waals surface area contributed by atoms with E-state index in [1.807, 2.05) is 4.98 Å². The van der Waals surface area contributed by atoms with Crippen molar-refractivity contribution in [2.24, 2.45) is 0 Å². The number of H-pyrrole nitrogens is 1. The fraction of sp³-hybridized carbons (Fsp3) is 0.636. The van der Waals surface area contributed by atoms with Crippen molar-refractivity contribution in [1.82, 2.24) is 9.55 Å². The summed E-state index contributed by atoms with van der Waals surface area (Å²) in [6.45, 7) is 2.18. The van der Waals surface area contributed by atoms with Gasteiger partial charge in [0.25, 0.3) is 5.56 Å². The maximum Gasteiger partial charge on any atom is 0.330 e. The fourth-order valence-electron chi connectivity index (χ4n) is 2.31. The highest BCUT2D eigenvalue weighted by Gasteiger charge is 2.61. The van der Waals surface area contributed by atoms with Crippen molar-refractivity contribution < 1.29 is 20.1 Å². The third-order valence-corrected chi connectivity index (χ3v) is 3.71. The topological polar surface area (TPSA) is 125 Å². The second-order valence-corrected chi connectivity index (χ2v) is 4.89. The molecule has 0 bridgehead atoms. The first-order chi connectivity index (χ1) is 8.74. The number of aromatic nitrogens is 2. The highest BCUT2D eigenvalue weighted by molar-refractivity contribution is 5.07. The maximum atomic E-state index is 11.8. The highest BCUT2D eigenvalue weighted by atomic mass is 16.6. The SMILES string of the molecule is C[C@@]1(n2ccc(=O)[nH]c2=O)O[C@H](CO)[C@@H](O)[C@@]1(C)O. The minimum Gasteiger partial charge on any atom is -0.394 e. The molecule has 1 aromatic rings. The lowest BCUT2D eigenvalue weighted by Crippen LogP contribution is -2.57. The quantitative estimate of drug-likeness (QED) is 0.480. The summed E-state index contributed by atoms with van der Waals surface area (Å²) < 4.78 is 6.40. The van der Waals surface area contributed by atoms with E-state index in [0.717, 1.165) is 10.6 Å². The molecule has 1 aromatic heterocycles. The van der Waals surface area contributed by atoms with Gasteiger partial charge in [0.1, 0.15) is 17.8 Å². The first-order valence-electron chi connectivity index (χ1n) is 5.75. The van der Waals surface area contributed by atoms with Crippen LogP contribution in [-0.4, -0.2) is 49.3 Å². The van der Waals surface area contributed by atoms with Crippen molar-refractivity contribution in [3.8, 4) is 0 Å². The Morgan fingerprint density at radius 2 is 2.11 bits per heavy atom. The molecule has 2 heterocycles. The van der Waals surface area contributed by atoms with E-state index in [4.69, 9.17) is 9.84 Å². The molecule has 0 spiro atoms. The summed E-state index contributed by atoms with van der Waals surface area (Å²) in [5.74, 6) is 0. The van der Waals surface area contributed by atoms with Gasteiger partial charge in [0, 0.05) is 12.3 Å². The van der Waals surface area contributed by atoms with Crippen LogP contribution in [0.5, 0.6) is 0 Å². The van der Waals surface area contributed by atoms with Crippen molar-refractivity contribution in [1.29, 1.82) is 0 Å². The van der Waals surface area contributed by atoms with Gasteiger partial charge in [0.15, 0.2) is 5.72 Å². The maximum absolute atomic E-state index is 11.8. The standard InChI is InChI=1S/C11H16N2O6/c1-10(18)8(16)6(5-14)19-11(10,2)13-4-3-7(15)12-9(13)17/h3-4,6,8,14,16,18H,5H2,1-2H3,(H,12,15,17)/t6-,8-,10-,11-/m1/s1. The number of hydrogen-bond donors (Lipinski definition) is 4. The van der Waals surface area contributed by atoms with Crippen LogP contribution in [0.1, 0.15) is 13.8 Å². The molecular formula is C11H16N2O6. The number of ether oxygens (including phenoxy) is 1. The van der Waals surface area contributed by atoms with E-state index in [1.165, 1.54) is 20.0 Å². The van der Waals surface area contributed by atoms with Gasteiger partial charge in [-0.3, -0.25) is 14.3 Å². The molecule has 19 heavy (non-hydrogen) atoms. The van der Waals surface area contributed by atoms with Crippen LogP contribution in [0, 0.1) is 0 Å². The molecule has 0 saturated carbocycles. The lowest BCUT2D eigenvalue weighted by Gasteiger charge is -2.37. The van der Waals surface area contributed by atoms with Gasteiger partial charge in [0.2, 0.25) is 0 Å². The predicted octanol–water partition coefficient (Wildman–Crippen LogP) is -2.29. The van der Waals surface area contributed by atoms with Gasteiger partial charge >= 0.3 is 5.69 Å². The second kappa shape index (κ2) is 4.27. The second-order valence-electron chi connectivity index (χ2n) is 4.89. The van der Waals surface area contributed by atoms with Crippen LogP contribution in [0.2, 0.25) is 0 Å². The van der Waals surface area contributed by atoms with E-state index in [-0.39, 0.29) is 0 Å². The third-order valence-electron chi connectivity index (χ3n) is 3.71. The molecule has 4 N–H and O–H groups in total. The van der Waals surface area contributed by atoms with Crippen molar-refractivity contribution in [3.63, 3.8) is 0 Å². The Kier molecular flexibility index (Phi) is 3.13. The number of hydrogen-bond acceptors (Lipinski definition) is 6. The zero-order chi connectivity index (χ0) is 14.4. The van der Waals surface area contributed by atoms with E-state index in [2.05, 4.69) is 0 Å². The van der Waals surface area contributed by atoms with E-state index in [9.17, 15) is 19.8 Å². The first kappa shape index (κ1) is 13.9. The molecule has 8 heteroatoms. The molecule has 2 rings (SSSR count). The van der Waals surface area contributed by atoms with Crippen molar-refractivity contribution in [3.05, 3.63) is 33.1 Å². The van der Waals surface area contributed by atoms with Crippen molar-refractivity contribution >= 4 is 0 Å². The van der Waals surface area contributed by atoms with Crippen LogP contribution < -0.4 is 11.2 Å². The van der Waals surface area contributed by atoms with E-state index in [1.54, 1.807) is 0 Å². The van der Waals surface area contributed by atoms with E-state index < -0.39 is 41.4 Å². The average molecular weight is 272 g/mol. The predicted molar refractivity (Wildman–Crippen MR) is 63.6 cm³/mol. The Morgan fingerprint density at radius 1 is 1.47 bits per heavy atom. The van der Waals surface area contributed by atoms with Gasteiger partial charge in [-0.15, -0.1) is 0 Å². The molecule has 1 aliphatic rings. The molecule has 0 aliphatic carbocycles. The molecule has 0 aromatic carbocycles. The average Bonchev–Trinajstić information content (AvgIpc) is 2.50. The molecule has 1 aliphatic heterocycles. The minimum absolute atomic E-state index is 0.509. The molecule has 1 fully saturated rings. The smallest absolute Gasteiger partial charge is 0.330 e. The lowest BCUT2D eigenvalue weighted by atomic mass is 9.88. The number of aliphatic hydroxyl groups is 3. The van der Waals surface area contributed by atoms with Gasteiger partial charge in [-0.25, -0.2) is 4.79 Å². The van der Waals surface area contributed by atoms with Crippen LogP contribution >= 0.6 is 0 Å². The van der Waals surface area contributed by atoms with E-state index in [0.29, 0.717) is 0 Å². The Morgan fingerprint density at radius 3 is 2.58 bits per heavy atom. The zero-order valence-corrected chi connectivity index (χ0v) is 10.5. The summed E-state index contributed by atoms with van der Waals surface area (Å²) in [6, 6.07) is 1.10. The third kappa shape index (κ3) is 1.84. The number of aliphatic hydroxyl groups excluding tert-OH is 2. The Bertz CT molecular complexity index is 591. The number of aromatic amines is 1. The Hall–Kier alpha value is -1.48. The summed E-state index contributed by atoms with van der Waals surface area (Å²) in [7, 11) is 0. The molecule has 0 unspecified atom stereocenters. The largest absolute Gasteiger partial charge is 0.394 e.